The van der Waals surface area contributed by atoms with Crippen molar-refractivity contribution in [2.75, 3.05) is 14.2 Å². The maximum Gasteiger partial charge on any atom is 0.174 e. The van der Waals surface area contributed by atoms with Gasteiger partial charge in [0.15, 0.2) is 17.2 Å². The number of hydrogen-bond donors (Lipinski definition) is 0. The monoisotopic (exact) mass is 349 g/mol. The zero-order valence-electron chi connectivity index (χ0n) is 14.3. The summed E-state index contributed by atoms with van der Waals surface area (Å²) in [7, 11) is 3.07. The Morgan fingerprint density at radius 3 is 2.46 bits per heavy atom. The average molecular weight is 349 g/mol. The molecule has 4 rings (SSSR count). The van der Waals surface area contributed by atoms with Crippen LogP contribution in [0.25, 0.3) is 28.2 Å². The van der Waals surface area contributed by atoms with E-state index in [1.54, 1.807) is 43.9 Å². The Kier molecular flexibility index (Phi) is 4.01. The molecular formula is C20H16FN3O2. The smallest absolute Gasteiger partial charge is 0.174 e. The quantitative estimate of drug-likeness (QED) is 0.553. The zero-order chi connectivity index (χ0) is 18.1. The first-order chi connectivity index (χ1) is 12.7. The van der Waals surface area contributed by atoms with Gasteiger partial charge in [0.25, 0.3) is 0 Å². The number of rotatable bonds is 4. The van der Waals surface area contributed by atoms with E-state index in [0.29, 0.717) is 16.9 Å². The number of hydrogen-bond acceptors (Lipinski definition) is 4. The summed E-state index contributed by atoms with van der Waals surface area (Å²) in [5.41, 5.74) is 3.42. The number of halogens is 1. The van der Waals surface area contributed by atoms with Crippen LogP contribution in [0, 0.1) is 5.82 Å². The first-order valence-electron chi connectivity index (χ1n) is 8.01. The molecule has 5 nitrogen and oxygen atoms in total. The van der Waals surface area contributed by atoms with Crippen molar-refractivity contribution in [1.82, 2.24) is 14.4 Å². The van der Waals surface area contributed by atoms with Crippen LogP contribution < -0.4 is 9.47 Å². The van der Waals surface area contributed by atoms with Gasteiger partial charge in [-0.1, -0.05) is 6.07 Å². The van der Waals surface area contributed by atoms with Crippen LogP contribution in [0.4, 0.5) is 4.39 Å². The molecule has 2 heterocycles. The molecular weight excluding hydrogens is 333 g/mol. The second kappa shape index (κ2) is 6.48. The predicted octanol–water partition coefficient (Wildman–Crippen LogP) is 4.22. The summed E-state index contributed by atoms with van der Waals surface area (Å²) in [6.07, 6.45) is 5.17. The van der Waals surface area contributed by atoms with Crippen molar-refractivity contribution in [3.8, 4) is 34.0 Å². The maximum absolute atomic E-state index is 14.6. The highest BCUT2D eigenvalue weighted by atomic mass is 19.1. The molecule has 2 aromatic heterocycles. The van der Waals surface area contributed by atoms with Gasteiger partial charge in [0, 0.05) is 17.3 Å². The molecule has 0 fully saturated rings. The lowest BCUT2D eigenvalue weighted by molar-refractivity contribution is 0.387. The maximum atomic E-state index is 14.6. The van der Waals surface area contributed by atoms with E-state index >= 15 is 0 Å². The van der Waals surface area contributed by atoms with Crippen LogP contribution in [-0.4, -0.2) is 28.6 Å². The summed E-state index contributed by atoms with van der Waals surface area (Å²) in [5.74, 6) is 0.529. The normalized spacial score (nSPS) is 10.9. The van der Waals surface area contributed by atoms with Crippen LogP contribution in [0.15, 0.2) is 61.1 Å². The van der Waals surface area contributed by atoms with Crippen LogP contribution in [0.5, 0.6) is 11.5 Å². The molecule has 130 valence electrons. The third-order valence-electron chi connectivity index (χ3n) is 4.24. The van der Waals surface area contributed by atoms with E-state index < -0.39 is 5.82 Å². The summed E-state index contributed by atoms with van der Waals surface area (Å²) in [6.45, 7) is 0. The Hall–Kier alpha value is -3.41. The van der Waals surface area contributed by atoms with Gasteiger partial charge in [-0.05, 0) is 36.4 Å². The van der Waals surface area contributed by atoms with Crippen molar-refractivity contribution in [3.63, 3.8) is 0 Å². The van der Waals surface area contributed by atoms with Crippen molar-refractivity contribution in [1.29, 1.82) is 0 Å². The van der Waals surface area contributed by atoms with Gasteiger partial charge in [0.05, 0.1) is 38.0 Å². The highest BCUT2D eigenvalue weighted by Crippen LogP contribution is 2.29. The van der Waals surface area contributed by atoms with Gasteiger partial charge in [0.2, 0.25) is 0 Å². The molecule has 0 spiro atoms. The van der Waals surface area contributed by atoms with E-state index in [1.807, 2.05) is 28.7 Å². The molecule has 0 N–H and O–H groups in total. The van der Waals surface area contributed by atoms with Gasteiger partial charge in [-0.15, -0.1) is 0 Å². The van der Waals surface area contributed by atoms with Crippen LogP contribution in [0.3, 0.4) is 0 Å². The van der Waals surface area contributed by atoms with Gasteiger partial charge in [-0.2, -0.15) is 0 Å². The SMILES string of the molecule is COc1ccc(-c2cnc3cnc(-c4cccc(OC)c4F)cn23)cc1. The third kappa shape index (κ3) is 2.65. The number of nitrogens with zero attached hydrogens (tertiary/aromatic N) is 3. The third-order valence-corrected chi connectivity index (χ3v) is 4.24. The molecule has 0 radical (unpaired) electrons. The minimum atomic E-state index is -0.437. The summed E-state index contributed by atoms with van der Waals surface area (Å²) in [4.78, 5) is 8.73. The van der Waals surface area contributed by atoms with E-state index in [9.17, 15) is 4.39 Å². The van der Waals surface area contributed by atoms with Gasteiger partial charge in [0.1, 0.15) is 5.75 Å². The van der Waals surface area contributed by atoms with Crippen LogP contribution >= 0.6 is 0 Å². The molecule has 0 saturated carbocycles. The molecule has 26 heavy (non-hydrogen) atoms. The first-order valence-corrected chi connectivity index (χ1v) is 8.01. The molecule has 0 aliphatic heterocycles. The number of aromatic nitrogens is 3. The summed E-state index contributed by atoms with van der Waals surface area (Å²) in [5, 5.41) is 0. The fraction of sp³-hybridized carbons (Fsp3) is 0.100. The lowest BCUT2D eigenvalue weighted by atomic mass is 10.1. The summed E-state index contributed by atoms with van der Waals surface area (Å²) >= 11 is 0. The molecule has 2 aromatic carbocycles. The lowest BCUT2D eigenvalue weighted by Crippen LogP contribution is -1.96. The number of methoxy groups -OCH3 is 2. The second-order valence-corrected chi connectivity index (χ2v) is 5.69. The van der Waals surface area contributed by atoms with Crippen LogP contribution in [0.2, 0.25) is 0 Å². The first kappa shape index (κ1) is 16.1. The van der Waals surface area contributed by atoms with Crippen molar-refractivity contribution >= 4 is 5.65 Å². The van der Waals surface area contributed by atoms with E-state index in [0.717, 1.165) is 17.0 Å². The fourth-order valence-corrected chi connectivity index (χ4v) is 2.87. The van der Waals surface area contributed by atoms with Crippen LogP contribution in [-0.2, 0) is 0 Å². The standard InChI is InChI=1S/C20H16FN3O2/c1-25-14-8-6-13(7-9-14)17-10-23-19-11-22-16(12-24(17)19)15-4-3-5-18(26-2)20(15)21/h3-12H,1-2H3. The highest BCUT2D eigenvalue weighted by Gasteiger charge is 2.14. The number of imidazole rings is 1. The van der Waals surface area contributed by atoms with E-state index in [1.165, 1.54) is 7.11 Å². The number of ether oxygens (including phenoxy) is 2. The average Bonchev–Trinajstić information content (AvgIpc) is 3.11. The molecule has 0 atom stereocenters. The van der Waals surface area contributed by atoms with E-state index in [-0.39, 0.29) is 5.75 Å². The Bertz CT molecular complexity index is 1070. The van der Waals surface area contributed by atoms with Crippen molar-refractivity contribution in [3.05, 3.63) is 66.9 Å². The Morgan fingerprint density at radius 1 is 0.923 bits per heavy atom. The zero-order valence-corrected chi connectivity index (χ0v) is 14.3. The second-order valence-electron chi connectivity index (χ2n) is 5.69. The number of fused-ring (bicyclic) bond motifs is 1. The molecule has 0 unspecified atom stereocenters. The molecule has 0 bridgehead atoms. The Labute approximate surface area is 149 Å². The Morgan fingerprint density at radius 2 is 1.73 bits per heavy atom. The van der Waals surface area contributed by atoms with Gasteiger partial charge in [-0.3, -0.25) is 9.38 Å². The highest BCUT2D eigenvalue weighted by molar-refractivity contribution is 5.67. The largest absolute Gasteiger partial charge is 0.497 e. The summed E-state index contributed by atoms with van der Waals surface area (Å²) in [6, 6.07) is 12.7. The Balaban J connectivity index is 1.84. The van der Waals surface area contributed by atoms with Gasteiger partial charge in [-0.25, -0.2) is 9.37 Å². The minimum absolute atomic E-state index is 0.186. The van der Waals surface area contributed by atoms with Crippen molar-refractivity contribution < 1.29 is 13.9 Å². The summed E-state index contributed by atoms with van der Waals surface area (Å²) < 4.78 is 26.7. The molecule has 0 amide bonds. The minimum Gasteiger partial charge on any atom is -0.497 e. The molecule has 6 heteroatoms. The van der Waals surface area contributed by atoms with Gasteiger partial charge < -0.3 is 9.47 Å². The molecule has 0 saturated heterocycles. The van der Waals surface area contributed by atoms with Crippen LogP contribution in [0.1, 0.15) is 0 Å². The molecule has 0 aliphatic rings. The molecule has 0 aliphatic carbocycles. The number of benzene rings is 2. The van der Waals surface area contributed by atoms with Crippen molar-refractivity contribution in [2.45, 2.75) is 0 Å². The predicted molar refractivity (Wildman–Crippen MR) is 96.9 cm³/mol. The lowest BCUT2D eigenvalue weighted by Gasteiger charge is -2.08. The van der Waals surface area contributed by atoms with Gasteiger partial charge >= 0.3 is 0 Å². The molecule has 4 aromatic rings. The van der Waals surface area contributed by atoms with E-state index in [2.05, 4.69) is 9.97 Å². The van der Waals surface area contributed by atoms with E-state index in [4.69, 9.17) is 9.47 Å². The topological polar surface area (TPSA) is 48.7 Å². The fourth-order valence-electron chi connectivity index (χ4n) is 2.87. The van der Waals surface area contributed by atoms with Crippen molar-refractivity contribution in [2.24, 2.45) is 0 Å².